The highest BCUT2D eigenvalue weighted by Crippen LogP contribution is 2.37. The summed E-state index contributed by atoms with van der Waals surface area (Å²) in [5.74, 6) is 1.26. The van der Waals surface area contributed by atoms with E-state index >= 15 is 0 Å². The summed E-state index contributed by atoms with van der Waals surface area (Å²) < 4.78 is 32.7. The van der Waals surface area contributed by atoms with E-state index in [-0.39, 0.29) is 4.90 Å². The predicted molar refractivity (Wildman–Crippen MR) is 87.4 cm³/mol. The van der Waals surface area contributed by atoms with Crippen molar-refractivity contribution in [2.24, 2.45) is 11.7 Å². The highest BCUT2D eigenvalue weighted by atomic mass is 32.2. The zero-order valence-corrected chi connectivity index (χ0v) is 14.1. The van der Waals surface area contributed by atoms with Gasteiger partial charge in [0, 0.05) is 12.1 Å². The Morgan fingerprint density at radius 2 is 2.12 bits per heavy atom. The Morgan fingerprint density at radius 3 is 2.79 bits per heavy atom. The van der Waals surface area contributed by atoms with Gasteiger partial charge < -0.3 is 10.3 Å². The third-order valence-corrected chi connectivity index (χ3v) is 6.19. The van der Waals surface area contributed by atoms with Crippen LogP contribution in [0.4, 0.5) is 0 Å². The first kappa shape index (κ1) is 15.7. The molecule has 4 rings (SSSR count). The summed E-state index contributed by atoms with van der Waals surface area (Å²) in [6.45, 7) is 0.493. The second-order valence-electron chi connectivity index (χ2n) is 6.76. The van der Waals surface area contributed by atoms with Gasteiger partial charge in [-0.15, -0.1) is 0 Å². The Balaban J connectivity index is 1.58. The summed E-state index contributed by atoms with van der Waals surface area (Å²) in [6.07, 6.45) is 4.92. The molecular weight excluding hydrogens is 328 g/mol. The third-order valence-electron chi connectivity index (χ3n) is 4.77. The lowest BCUT2D eigenvalue weighted by atomic mass is 9.77. The van der Waals surface area contributed by atoms with Gasteiger partial charge in [0.25, 0.3) is 5.89 Å². The largest absolute Gasteiger partial charge is 0.334 e. The lowest BCUT2D eigenvalue weighted by Gasteiger charge is -2.34. The van der Waals surface area contributed by atoms with Gasteiger partial charge in [0.15, 0.2) is 5.82 Å². The zero-order chi connectivity index (χ0) is 16.8. The number of nitrogens with one attached hydrogen (secondary N) is 1. The number of hydrogen-bond acceptors (Lipinski definition) is 6. The van der Waals surface area contributed by atoms with E-state index in [1.54, 1.807) is 24.3 Å². The van der Waals surface area contributed by atoms with Gasteiger partial charge in [-0.1, -0.05) is 11.2 Å². The van der Waals surface area contributed by atoms with Gasteiger partial charge in [-0.25, -0.2) is 13.1 Å². The van der Waals surface area contributed by atoms with Gasteiger partial charge in [0.1, 0.15) is 0 Å². The molecule has 2 saturated carbocycles. The molecule has 0 bridgehead atoms. The van der Waals surface area contributed by atoms with Gasteiger partial charge >= 0.3 is 0 Å². The molecule has 8 heteroatoms. The van der Waals surface area contributed by atoms with Crippen molar-refractivity contribution in [3.8, 4) is 11.5 Å². The van der Waals surface area contributed by atoms with Crippen LogP contribution in [-0.4, -0.2) is 25.1 Å². The summed E-state index contributed by atoms with van der Waals surface area (Å²) in [4.78, 5) is 4.56. The lowest BCUT2D eigenvalue weighted by Crippen LogP contribution is -2.44. The first-order valence-corrected chi connectivity index (χ1v) is 9.68. The molecule has 0 spiro atoms. The van der Waals surface area contributed by atoms with E-state index in [2.05, 4.69) is 14.9 Å². The predicted octanol–water partition coefficient (Wildman–Crippen LogP) is 1.76. The number of benzene rings is 1. The Labute approximate surface area is 140 Å². The molecule has 0 aliphatic heterocycles. The van der Waals surface area contributed by atoms with E-state index in [1.165, 1.54) is 0 Å². The van der Waals surface area contributed by atoms with Crippen molar-refractivity contribution in [1.29, 1.82) is 0 Å². The molecule has 2 fully saturated rings. The molecular formula is C16H20N4O3S. The first-order valence-electron chi connectivity index (χ1n) is 8.19. The van der Waals surface area contributed by atoms with Crippen molar-refractivity contribution in [3.05, 3.63) is 30.1 Å². The maximum absolute atomic E-state index is 12.4. The third kappa shape index (κ3) is 2.97. The van der Waals surface area contributed by atoms with E-state index < -0.39 is 15.6 Å². The number of nitrogens with two attached hydrogens (primary N) is 1. The first-order chi connectivity index (χ1) is 11.5. The van der Waals surface area contributed by atoms with Crippen LogP contribution in [0, 0.1) is 5.92 Å². The molecule has 0 radical (unpaired) electrons. The fourth-order valence-corrected chi connectivity index (χ4v) is 3.92. The monoisotopic (exact) mass is 348 g/mol. The maximum Gasteiger partial charge on any atom is 0.258 e. The van der Waals surface area contributed by atoms with Crippen LogP contribution in [0.3, 0.4) is 0 Å². The summed E-state index contributed by atoms with van der Waals surface area (Å²) in [5, 5.41) is 3.97. The summed E-state index contributed by atoms with van der Waals surface area (Å²) in [6, 6.07) is 6.54. The summed E-state index contributed by atoms with van der Waals surface area (Å²) >= 11 is 0. The van der Waals surface area contributed by atoms with Crippen molar-refractivity contribution >= 4 is 10.0 Å². The number of rotatable bonds is 6. The van der Waals surface area contributed by atoms with Crippen molar-refractivity contribution in [1.82, 2.24) is 14.9 Å². The minimum Gasteiger partial charge on any atom is -0.334 e. The van der Waals surface area contributed by atoms with E-state index in [0.717, 1.165) is 32.1 Å². The second kappa shape index (κ2) is 5.65. The Hall–Kier alpha value is -1.77. The van der Waals surface area contributed by atoms with Gasteiger partial charge in [0.05, 0.1) is 10.4 Å². The molecule has 7 nitrogen and oxygen atoms in total. The van der Waals surface area contributed by atoms with Crippen molar-refractivity contribution in [2.45, 2.75) is 42.5 Å². The normalized spacial score (nSPS) is 19.9. The second-order valence-corrected chi connectivity index (χ2v) is 8.52. The van der Waals surface area contributed by atoms with E-state index in [0.29, 0.717) is 29.7 Å². The van der Waals surface area contributed by atoms with Gasteiger partial charge in [-0.2, -0.15) is 4.98 Å². The minimum atomic E-state index is -3.53. The van der Waals surface area contributed by atoms with Crippen molar-refractivity contribution in [2.75, 3.05) is 6.54 Å². The molecule has 128 valence electrons. The lowest BCUT2D eigenvalue weighted by molar-refractivity contribution is 0.229. The standard InChI is InChI=1S/C16H20N4O3S/c17-16(7-2-8-16)15-19-14(23-20-15)12-3-1-4-13(9-12)24(21,22)18-10-11-5-6-11/h1,3-4,9,11,18H,2,5-8,10,17H2. The SMILES string of the molecule is NC1(c2noc(-c3cccc(S(=O)(=O)NCC4CC4)c3)n2)CCC1. The van der Waals surface area contributed by atoms with Gasteiger partial charge in [-0.05, 0) is 56.2 Å². The topological polar surface area (TPSA) is 111 Å². The maximum atomic E-state index is 12.4. The molecule has 3 N–H and O–H groups in total. The molecule has 24 heavy (non-hydrogen) atoms. The molecule has 0 saturated heterocycles. The number of aromatic nitrogens is 2. The van der Waals surface area contributed by atoms with Crippen molar-refractivity contribution in [3.63, 3.8) is 0 Å². The molecule has 1 heterocycles. The van der Waals surface area contributed by atoms with Crippen LogP contribution in [0.5, 0.6) is 0 Å². The van der Waals surface area contributed by atoms with Crippen LogP contribution in [-0.2, 0) is 15.6 Å². The Bertz CT molecular complexity index is 854. The molecule has 0 amide bonds. The van der Waals surface area contributed by atoms with Crippen LogP contribution in [0.15, 0.2) is 33.7 Å². The molecule has 2 aromatic rings. The highest BCUT2D eigenvalue weighted by Gasteiger charge is 2.39. The average molecular weight is 348 g/mol. The van der Waals surface area contributed by atoms with Crippen LogP contribution in [0.2, 0.25) is 0 Å². The van der Waals surface area contributed by atoms with E-state index in [4.69, 9.17) is 10.3 Å². The summed E-state index contributed by atoms with van der Waals surface area (Å²) in [5.41, 5.74) is 6.27. The number of nitrogens with zero attached hydrogens (tertiary/aromatic N) is 2. The zero-order valence-electron chi connectivity index (χ0n) is 13.2. The number of hydrogen-bond donors (Lipinski definition) is 2. The molecule has 0 unspecified atom stereocenters. The van der Waals surface area contributed by atoms with E-state index in [1.807, 2.05) is 0 Å². The Morgan fingerprint density at radius 1 is 1.33 bits per heavy atom. The summed E-state index contributed by atoms with van der Waals surface area (Å²) in [7, 11) is -3.53. The minimum absolute atomic E-state index is 0.200. The molecule has 2 aliphatic carbocycles. The fraction of sp³-hybridized carbons (Fsp3) is 0.500. The van der Waals surface area contributed by atoms with Crippen molar-refractivity contribution < 1.29 is 12.9 Å². The quantitative estimate of drug-likeness (QED) is 0.823. The fourth-order valence-electron chi connectivity index (χ4n) is 2.75. The number of sulfonamides is 1. The van der Waals surface area contributed by atoms with Gasteiger partial charge in [-0.3, -0.25) is 0 Å². The smallest absolute Gasteiger partial charge is 0.258 e. The molecule has 1 aromatic heterocycles. The van der Waals surface area contributed by atoms with Crippen LogP contribution >= 0.6 is 0 Å². The average Bonchev–Trinajstić information content (AvgIpc) is 3.25. The molecule has 2 aliphatic rings. The van der Waals surface area contributed by atoms with Crippen LogP contribution in [0.1, 0.15) is 37.9 Å². The van der Waals surface area contributed by atoms with Crippen LogP contribution in [0.25, 0.3) is 11.5 Å². The van der Waals surface area contributed by atoms with Gasteiger partial charge in [0.2, 0.25) is 10.0 Å². The van der Waals surface area contributed by atoms with Crippen LogP contribution < -0.4 is 10.5 Å². The molecule has 1 aromatic carbocycles. The van der Waals surface area contributed by atoms with E-state index in [9.17, 15) is 8.42 Å². The highest BCUT2D eigenvalue weighted by molar-refractivity contribution is 7.89. The molecule has 0 atom stereocenters. The Kier molecular flexibility index (Phi) is 3.70.